The van der Waals surface area contributed by atoms with E-state index in [9.17, 15) is 13.2 Å². The molecule has 0 aliphatic heterocycles. The molecule has 1 unspecified atom stereocenters. The van der Waals surface area contributed by atoms with Crippen molar-refractivity contribution < 1.29 is 22.4 Å². The Bertz CT molecular complexity index is 891. The summed E-state index contributed by atoms with van der Waals surface area (Å²) in [4.78, 5) is 8.29. The first kappa shape index (κ1) is 18.9. The number of aromatic nitrogens is 4. The quantitative estimate of drug-likeness (QED) is 0.676. The number of methoxy groups -OCH3 is 1. The second-order valence-corrected chi connectivity index (χ2v) is 5.88. The number of hydrogen-bond acceptors (Lipinski definition) is 6. The Hall–Kier alpha value is -2.88. The number of ether oxygens (including phenoxy) is 1. The van der Waals surface area contributed by atoms with Crippen molar-refractivity contribution in [2.45, 2.75) is 32.2 Å². The van der Waals surface area contributed by atoms with E-state index < -0.39 is 12.7 Å². The van der Waals surface area contributed by atoms with Crippen molar-refractivity contribution in [3.05, 3.63) is 48.4 Å². The Balaban J connectivity index is 1.65. The van der Waals surface area contributed by atoms with Crippen molar-refractivity contribution in [3.8, 4) is 17.1 Å². The molecule has 3 aromatic rings. The van der Waals surface area contributed by atoms with Gasteiger partial charge in [0.05, 0.1) is 19.7 Å². The monoisotopic (exact) mass is 381 g/mol. The van der Waals surface area contributed by atoms with E-state index >= 15 is 0 Å². The van der Waals surface area contributed by atoms with Crippen molar-refractivity contribution in [1.29, 1.82) is 0 Å². The van der Waals surface area contributed by atoms with Gasteiger partial charge in [-0.15, -0.1) is 0 Å². The summed E-state index contributed by atoms with van der Waals surface area (Å²) in [7, 11) is 1.56. The van der Waals surface area contributed by atoms with Gasteiger partial charge in [-0.2, -0.15) is 18.2 Å². The van der Waals surface area contributed by atoms with Gasteiger partial charge in [0.2, 0.25) is 11.7 Å². The van der Waals surface area contributed by atoms with E-state index in [-0.39, 0.29) is 18.4 Å². The summed E-state index contributed by atoms with van der Waals surface area (Å²) in [6, 6.07) is 6.85. The number of halogens is 3. The molecule has 10 heteroatoms. The highest BCUT2D eigenvalue weighted by Crippen LogP contribution is 2.23. The van der Waals surface area contributed by atoms with E-state index in [1.807, 2.05) is 12.1 Å². The van der Waals surface area contributed by atoms with Crippen LogP contribution in [-0.2, 0) is 13.1 Å². The van der Waals surface area contributed by atoms with Crippen LogP contribution in [0.2, 0.25) is 0 Å². The minimum Gasteiger partial charge on any atom is -0.497 e. The van der Waals surface area contributed by atoms with Crippen LogP contribution in [-0.4, -0.2) is 33.0 Å². The van der Waals surface area contributed by atoms with Crippen LogP contribution in [0.25, 0.3) is 11.4 Å². The lowest BCUT2D eigenvalue weighted by Crippen LogP contribution is -2.24. The molecule has 0 aliphatic rings. The summed E-state index contributed by atoms with van der Waals surface area (Å²) in [6.07, 6.45) is -1.68. The zero-order valence-electron chi connectivity index (χ0n) is 14.7. The normalized spacial score (nSPS) is 12.9. The molecule has 3 rings (SSSR count). The highest BCUT2D eigenvalue weighted by Gasteiger charge is 2.28. The maximum atomic E-state index is 12.6. The molecule has 0 bridgehead atoms. The number of imidazole rings is 1. The average molecular weight is 381 g/mol. The standard InChI is InChI=1S/C17H18F3N5O2/c1-11(22-9-14-21-6-7-25(14)10-17(18,19)20)16-23-15(24-27-16)12-4-3-5-13(8-12)26-2/h3-8,11,22H,9-10H2,1-2H3. The lowest BCUT2D eigenvalue weighted by Gasteiger charge is -2.13. The highest BCUT2D eigenvalue weighted by atomic mass is 19.4. The summed E-state index contributed by atoms with van der Waals surface area (Å²) in [6.45, 7) is 0.819. The van der Waals surface area contributed by atoms with Gasteiger partial charge in [0, 0.05) is 18.0 Å². The fraction of sp³-hybridized carbons (Fsp3) is 0.353. The Kier molecular flexibility index (Phi) is 5.45. The number of hydrogen-bond donors (Lipinski definition) is 1. The number of rotatable bonds is 7. The van der Waals surface area contributed by atoms with Gasteiger partial charge in [0.1, 0.15) is 18.1 Å². The minimum atomic E-state index is -4.31. The van der Waals surface area contributed by atoms with Crippen LogP contribution in [0, 0.1) is 0 Å². The van der Waals surface area contributed by atoms with Crippen molar-refractivity contribution >= 4 is 0 Å². The van der Waals surface area contributed by atoms with Gasteiger partial charge in [-0.25, -0.2) is 4.98 Å². The molecule has 2 heterocycles. The van der Waals surface area contributed by atoms with Gasteiger partial charge in [-0.3, -0.25) is 5.32 Å². The fourth-order valence-electron chi connectivity index (χ4n) is 2.47. The van der Waals surface area contributed by atoms with Crippen LogP contribution in [0.1, 0.15) is 24.7 Å². The van der Waals surface area contributed by atoms with Gasteiger partial charge >= 0.3 is 6.18 Å². The van der Waals surface area contributed by atoms with E-state index in [1.54, 1.807) is 26.2 Å². The van der Waals surface area contributed by atoms with E-state index in [1.165, 1.54) is 12.4 Å². The minimum absolute atomic E-state index is 0.126. The largest absolute Gasteiger partial charge is 0.497 e. The molecular formula is C17H18F3N5O2. The van der Waals surface area contributed by atoms with Crippen molar-refractivity contribution in [2.24, 2.45) is 0 Å². The number of nitrogens with one attached hydrogen (secondary N) is 1. The van der Waals surface area contributed by atoms with E-state index in [4.69, 9.17) is 9.26 Å². The lowest BCUT2D eigenvalue weighted by atomic mass is 10.2. The first-order valence-electron chi connectivity index (χ1n) is 8.14. The number of nitrogens with zero attached hydrogens (tertiary/aromatic N) is 4. The second kappa shape index (κ2) is 7.78. The van der Waals surface area contributed by atoms with Gasteiger partial charge in [0.15, 0.2) is 0 Å². The molecule has 144 valence electrons. The van der Waals surface area contributed by atoms with Crippen molar-refractivity contribution in [3.63, 3.8) is 0 Å². The molecule has 27 heavy (non-hydrogen) atoms. The van der Waals surface area contributed by atoms with Crippen LogP contribution in [0.5, 0.6) is 5.75 Å². The molecule has 2 aromatic heterocycles. The van der Waals surface area contributed by atoms with Gasteiger partial charge in [0.25, 0.3) is 0 Å². The van der Waals surface area contributed by atoms with Crippen LogP contribution in [0.4, 0.5) is 13.2 Å². The van der Waals surface area contributed by atoms with Crippen LogP contribution in [0.15, 0.2) is 41.2 Å². The van der Waals surface area contributed by atoms with Crippen LogP contribution < -0.4 is 10.1 Å². The Morgan fingerprint density at radius 3 is 2.89 bits per heavy atom. The molecule has 7 nitrogen and oxygen atoms in total. The van der Waals surface area contributed by atoms with E-state index in [0.29, 0.717) is 17.5 Å². The molecular weight excluding hydrogens is 363 g/mol. The summed E-state index contributed by atoms with van der Waals surface area (Å²) in [5.41, 5.74) is 0.734. The molecule has 0 aliphatic carbocycles. The maximum absolute atomic E-state index is 12.6. The van der Waals surface area contributed by atoms with E-state index in [2.05, 4.69) is 20.4 Å². The Morgan fingerprint density at radius 1 is 1.33 bits per heavy atom. The first-order chi connectivity index (χ1) is 12.9. The molecule has 0 spiro atoms. The van der Waals surface area contributed by atoms with Gasteiger partial charge in [-0.1, -0.05) is 17.3 Å². The summed E-state index contributed by atoms with van der Waals surface area (Å²) >= 11 is 0. The third-order valence-corrected chi connectivity index (χ3v) is 3.86. The van der Waals surface area contributed by atoms with Crippen molar-refractivity contribution in [2.75, 3.05) is 7.11 Å². The Morgan fingerprint density at radius 2 is 2.15 bits per heavy atom. The molecule has 0 saturated heterocycles. The highest BCUT2D eigenvalue weighted by molar-refractivity contribution is 5.56. The second-order valence-electron chi connectivity index (χ2n) is 5.88. The van der Waals surface area contributed by atoms with Gasteiger partial charge < -0.3 is 13.8 Å². The molecule has 0 amide bonds. The molecule has 0 saturated carbocycles. The zero-order valence-corrected chi connectivity index (χ0v) is 14.7. The smallest absolute Gasteiger partial charge is 0.406 e. The predicted octanol–water partition coefficient (Wildman–Crippen LogP) is 3.35. The lowest BCUT2D eigenvalue weighted by molar-refractivity contribution is -0.141. The third kappa shape index (κ3) is 4.85. The topological polar surface area (TPSA) is 78.0 Å². The number of benzene rings is 1. The van der Waals surface area contributed by atoms with E-state index in [0.717, 1.165) is 10.1 Å². The summed E-state index contributed by atoms with van der Waals surface area (Å²) in [5, 5.41) is 6.99. The maximum Gasteiger partial charge on any atom is 0.406 e. The van der Waals surface area contributed by atoms with Crippen LogP contribution >= 0.6 is 0 Å². The molecule has 1 N–H and O–H groups in total. The molecule has 1 aromatic carbocycles. The first-order valence-corrected chi connectivity index (χ1v) is 8.14. The number of alkyl halides is 3. The molecule has 0 radical (unpaired) electrons. The summed E-state index contributed by atoms with van der Waals surface area (Å²) < 4.78 is 49.2. The Labute approximate surface area is 153 Å². The third-order valence-electron chi connectivity index (χ3n) is 3.86. The average Bonchev–Trinajstić information content (AvgIpc) is 3.28. The van der Waals surface area contributed by atoms with Gasteiger partial charge in [-0.05, 0) is 19.1 Å². The SMILES string of the molecule is COc1cccc(-c2noc(C(C)NCc3nccn3CC(F)(F)F)n2)c1. The predicted molar refractivity (Wildman–Crippen MR) is 89.8 cm³/mol. The molecule has 1 atom stereocenters. The van der Waals surface area contributed by atoms with Crippen molar-refractivity contribution in [1.82, 2.24) is 25.0 Å². The molecule has 0 fully saturated rings. The zero-order chi connectivity index (χ0) is 19.4. The van der Waals surface area contributed by atoms with Crippen LogP contribution in [0.3, 0.4) is 0 Å². The fourth-order valence-corrected chi connectivity index (χ4v) is 2.47. The summed E-state index contributed by atoms with van der Waals surface area (Å²) in [5.74, 6) is 1.66.